The molecule has 2 rings (SSSR count). The van der Waals surface area contributed by atoms with Gasteiger partial charge in [-0.15, -0.1) is 0 Å². The van der Waals surface area contributed by atoms with Gasteiger partial charge in [0.25, 0.3) is 5.56 Å². The van der Waals surface area contributed by atoms with Gasteiger partial charge in [-0.1, -0.05) is 24.3 Å². The number of H-pyrrole nitrogens is 1. The van der Waals surface area contributed by atoms with Crippen molar-refractivity contribution in [1.29, 1.82) is 0 Å². The molecule has 0 saturated heterocycles. The summed E-state index contributed by atoms with van der Waals surface area (Å²) in [5.41, 5.74) is 3.22. The number of aryl methyl sites for hydroxylation is 2. The van der Waals surface area contributed by atoms with Gasteiger partial charge >= 0.3 is 0 Å². The summed E-state index contributed by atoms with van der Waals surface area (Å²) < 4.78 is 1.46. The zero-order valence-electron chi connectivity index (χ0n) is 9.32. The van der Waals surface area contributed by atoms with E-state index in [1.807, 2.05) is 31.2 Å². The first-order chi connectivity index (χ1) is 7.63. The molecule has 0 aliphatic heterocycles. The monoisotopic (exact) mass is 218 g/mol. The Kier molecular flexibility index (Phi) is 2.66. The first-order valence-electron chi connectivity index (χ1n) is 5.09. The molecule has 2 N–H and O–H groups in total. The minimum Gasteiger partial charge on any atom is -0.392 e. The van der Waals surface area contributed by atoms with Crippen LogP contribution < -0.4 is 5.56 Å². The van der Waals surface area contributed by atoms with E-state index >= 15 is 0 Å². The lowest BCUT2D eigenvalue weighted by Gasteiger charge is -2.00. The van der Waals surface area contributed by atoms with Crippen molar-refractivity contribution in [1.82, 2.24) is 9.78 Å². The molecular weight excluding hydrogens is 204 g/mol. The normalized spacial score (nSPS) is 10.7. The van der Waals surface area contributed by atoms with Gasteiger partial charge in [-0.25, -0.2) is 0 Å². The highest BCUT2D eigenvalue weighted by atomic mass is 16.3. The Morgan fingerprint density at radius 2 is 1.94 bits per heavy atom. The SMILES string of the molecule is Cc1[nH]n(C)c(=O)c1-c1ccc(CO)cc1. The highest BCUT2D eigenvalue weighted by molar-refractivity contribution is 5.65. The van der Waals surface area contributed by atoms with Crippen LogP contribution in [0.25, 0.3) is 11.1 Å². The van der Waals surface area contributed by atoms with Crippen LogP contribution in [0.4, 0.5) is 0 Å². The molecule has 0 unspecified atom stereocenters. The van der Waals surface area contributed by atoms with Gasteiger partial charge < -0.3 is 5.11 Å². The molecule has 4 heteroatoms. The average molecular weight is 218 g/mol. The molecule has 0 radical (unpaired) electrons. The van der Waals surface area contributed by atoms with Crippen LogP contribution in [0, 0.1) is 6.92 Å². The highest BCUT2D eigenvalue weighted by Gasteiger charge is 2.10. The smallest absolute Gasteiger partial charge is 0.274 e. The highest BCUT2D eigenvalue weighted by Crippen LogP contribution is 2.18. The van der Waals surface area contributed by atoms with Crippen LogP contribution in [0.3, 0.4) is 0 Å². The molecule has 0 aliphatic carbocycles. The van der Waals surface area contributed by atoms with Gasteiger partial charge in [0.05, 0.1) is 12.2 Å². The quantitative estimate of drug-likeness (QED) is 0.795. The minimum atomic E-state index is -0.0331. The van der Waals surface area contributed by atoms with Crippen molar-refractivity contribution in [3.05, 3.63) is 45.9 Å². The lowest BCUT2D eigenvalue weighted by molar-refractivity contribution is 0.282. The maximum absolute atomic E-state index is 11.8. The molecule has 0 amide bonds. The fraction of sp³-hybridized carbons (Fsp3) is 0.250. The third kappa shape index (κ3) is 1.67. The molecule has 84 valence electrons. The van der Waals surface area contributed by atoms with E-state index in [-0.39, 0.29) is 12.2 Å². The van der Waals surface area contributed by atoms with Gasteiger partial charge in [-0.3, -0.25) is 14.6 Å². The zero-order valence-corrected chi connectivity index (χ0v) is 9.32. The van der Waals surface area contributed by atoms with Crippen molar-refractivity contribution < 1.29 is 5.11 Å². The van der Waals surface area contributed by atoms with Gasteiger partial charge in [0.1, 0.15) is 0 Å². The Labute approximate surface area is 93.1 Å². The minimum absolute atomic E-state index is 0.0183. The maximum atomic E-state index is 11.8. The Hall–Kier alpha value is -1.81. The fourth-order valence-corrected chi connectivity index (χ4v) is 1.80. The first kappa shape index (κ1) is 10.7. The molecule has 0 bridgehead atoms. The number of aliphatic hydroxyl groups excluding tert-OH is 1. The second kappa shape index (κ2) is 3.98. The zero-order chi connectivity index (χ0) is 11.7. The van der Waals surface area contributed by atoms with E-state index in [1.165, 1.54) is 4.68 Å². The topological polar surface area (TPSA) is 58.0 Å². The fourth-order valence-electron chi connectivity index (χ4n) is 1.80. The van der Waals surface area contributed by atoms with Gasteiger partial charge in [0.15, 0.2) is 0 Å². The third-order valence-electron chi connectivity index (χ3n) is 2.65. The molecule has 0 aliphatic rings. The maximum Gasteiger partial charge on any atom is 0.274 e. The summed E-state index contributed by atoms with van der Waals surface area (Å²) in [4.78, 5) is 11.8. The molecule has 0 fully saturated rings. The summed E-state index contributed by atoms with van der Waals surface area (Å²) in [6.07, 6.45) is 0. The average Bonchev–Trinajstić information content (AvgIpc) is 2.54. The van der Waals surface area contributed by atoms with Crippen LogP contribution in [-0.2, 0) is 13.7 Å². The number of aromatic nitrogens is 2. The first-order valence-corrected chi connectivity index (χ1v) is 5.09. The molecule has 16 heavy (non-hydrogen) atoms. The Bertz CT molecular complexity index is 549. The van der Waals surface area contributed by atoms with Crippen molar-refractivity contribution in [2.75, 3.05) is 0 Å². The molecule has 0 atom stereocenters. The number of rotatable bonds is 2. The van der Waals surface area contributed by atoms with Gasteiger partial charge in [-0.05, 0) is 18.1 Å². The van der Waals surface area contributed by atoms with E-state index in [4.69, 9.17) is 5.11 Å². The third-order valence-corrected chi connectivity index (χ3v) is 2.65. The number of nitrogens with one attached hydrogen (secondary N) is 1. The largest absolute Gasteiger partial charge is 0.392 e. The van der Waals surface area contributed by atoms with Crippen LogP contribution >= 0.6 is 0 Å². The van der Waals surface area contributed by atoms with Gasteiger partial charge in [0.2, 0.25) is 0 Å². The standard InChI is InChI=1S/C12H14N2O2/c1-8-11(12(16)14(2)13-8)10-5-3-9(7-15)4-6-10/h3-6,13,15H,7H2,1-2H3. The van der Waals surface area contributed by atoms with Crippen molar-refractivity contribution in [3.8, 4) is 11.1 Å². The number of aromatic amines is 1. The Balaban J connectivity index is 2.54. The van der Waals surface area contributed by atoms with Gasteiger partial charge in [0, 0.05) is 12.7 Å². The lowest BCUT2D eigenvalue weighted by atomic mass is 10.1. The van der Waals surface area contributed by atoms with Crippen LogP contribution in [-0.4, -0.2) is 14.9 Å². The van der Waals surface area contributed by atoms with E-state index in [9.17, 15) is 4.79 Å². The number of hydrogen-bond donors (Lipinski definition) is 2. The molecule has 0 spiro atoms. The summed E-state index contributed by atoms with van der Waals surface area (Å²) in [6, 6.07) is 7.34. The molecule has 1 aromatic carbocycles. The Morgan fingerprint density at radius 1 is 1.31 bits per heavy atom. The Morgan fingerprint density at radius 3 is 2.38 bits per heavy atom. The number of benzene rings is 1. The number of nitrogens with zero attached hydrogens (tertiary/aromatic N) is 1. The van der Waals surface area contributed by atoms with E-state index in [0.717, 1.165) is 16.8 Å². The lowest BCUT2D eigenvalue weighted by Crippen LogP contribution is -2.13. The molecule has 2 aromatic rings. The summed E-state index contributed by atoms with van der Waals surface area (Å²) in [5, 5.41) is 11.9. The van der Waals surface area contributed by atoms with Crippen LogP contribution in [0.2, 0.25) is 0 Å². The second-order valence-electron chi connectivity index (χ2n) is 3.83. The summed E-state index contributed by atoms with van der Waals surface area (Å²) >= 11 is 0. The molecule has 1 aromatic heterocycles. The number of hydrogen-bond acceptors (Lipinski definition) is 2. The second-order valence-corrected chi connectivity index (χ2v) is 3.83. The van der Waals surface area contributed by atoms with Crippen LogP contribution in [0.5, 0.6) is 0 Å². The van der Waals surface area contributed by atoms with Gasteiger partial charge in [-0.2, -0.15) is 0 Å². The van der Waals surface area contributed by atoms with Crippen molar-refractivity contribution in [3.63, 3.8) is 0 Å². The molecule has 0 saturated carbocycles. The summed E-state index contributed by atoms with van der Waals surface area (Å²) in [6.45, 7) is 1.89. The summed E-state index contributed by atoms with van der Waals surface area (Å²) in [7, 11) is 1.70. The molecular formula is C12H14N2O2. The molecule has 1 heterocycles. The van der Waals surface area contributed by atoms with Crippen LogP contribution in [0.15, 0.2) is 29.1 Å². The van der Waals surface area contributed by atoms with Crippen LogP contribution in [0.1, 0.15) is 11.3 Å². The van der Waals surface area contributed by atoms with E-state index in [1.54, 1.807) is 7.05 Å². The predicted molar refractivity (Wildman–Crippen MR) is 62.1 cm³/mol. The van der Waals surface area contributed by atoms with Crippen molar-refractivity contribution in [2.45, 2.75) is 13.5 Å². The van der Waals surface area contributed by atoms with Crippen molar-refractivity contribution in [2.24, 2.45) is 7.05 Å². The predicted octanol–water partition coefficient (Wildman–Crippen LogP) is 1.18. The summed E-state index contributed by atoms with van der Waals surface area (Å²) in [5.74, 6) is 0. The molecule has 4 nitrogen and oxygen atoms in total. The van der Waals surface area contributed by atoms with Crippen molar-refractivity contribution >= 4 is 0 Å². The van der Waals surface area contributed by atoms with E-state index < -0.39 is 0 Å². The van der Waals surface area contributed by atoms with E-state index in [2.05, 4.69) is 5.10 Å². The van der Waals surface area contributed by atoms with E-state index in [0.29, 0.717) is 5.56 Å². The number of aliphatic hydroxyl groups is 1.